The topological polar surface area (TPSA) is 90.5 Å². The van der Waals surface area contributed by atoms with Crippen LogP contribution in [-0.4, -0.2) is 41.7 Å². The van der Waals surface area contributed by atoms with E-state index in [0.29, 0.717) is 17.7 Å². The van der Waals surface area contributed by atoms with Crippen molar-refractivity contribution in [2.24, 2.45) is 0 Å². The van der Waals surface area contributed by atoms with E-state index in [4.69, 9.17) is 0 Å². The highest BCUT2D eigenvalue weighted by atomic mass is 19.1. The maximum atomic E-state index is 13.9. The Balaban J connectivity index is 1.48. The second kappa shape index (κ2) is 14.3. The number of rotatable bonds is 12. The number of nitrogens with one attached hydrogen (secondary N) is 3. The summed E-state index contributed by atoms with van der Waals surface area (Å²) >= 11 is 0. The molecule has 41 heavy (non-hydrogen) atoms. The lowest BCUT2D eigenvalue weighted by Gasteiger charge is -2.25. The number of carbonyl (C=O) groups excluding carboxylic acids is 2. The van der Waals surface area contributed by atoms with E-state index in [1.54, 1.807) is 12.1 Å². The van der Waals surface area contributed by atoms with Gasteiger partial charge in [0.1, 0.15) is 11.6 Å². The van der Waals surface area contributed by atoms with Gasteiger partial charge in [0.2, 0.25) is 0 Å². The van der Waals surface area contributed by atoms with Gasteiger partial charge in [-0.05, 0) is 85.2 Å². The summed E-state index contributed by atoms with van der Waals surface area (Å²) in [6.07, 6.45) is 3.94. The lowest BCUT2D eigenvalue weighted by Crippen LogP contribution is -2.48. The zero-order chi connectivity index (χ0) is 29.4. The molecule has 3 aromatic rings. The van der Waals surface area contributed by atoms with Crippen molar-refractivity contribution in [3.63, 3.8) is 0 Å². The Morgan fingerprint density at radius 3 is 2.24 bits per heavy atom. The number of aryl methyl sites for hydroxylation is 2. The van der Waals surface area contributed by atoms with Gasteiger partial charge in [0, 0.05) is 36.3 Å². The molecule has 2 amide bonds. The molecular weight excluding hydrogens is 524 g/mol. The van der Waals surface area contributed by atoms with Crippen molar-refractivity contribution in [2.75, 3.05) is 6.54 Å². The van der Waals surface area contributed by atoms with Crippen LogP contribution in [0.2, 0.25) is 0 Å². The third kappa shape index (κ3) is 8.93. The Morgan fingerprint density at radius 2 is 1.56 bits per heavy atom. The summed E-state index contributed by atoms with van der Waals surface area (Å²) in [6.45, 7) is 4.54. The summed E-state index contributed by atoms with van der Waals surface area (Å²) in [5, 5.41) is 20.2. The molecule has 3 aromatic carbocycles. The first-order chi connectivity index (χ1) is 19.7. The molecule has 0 unspecified atom stereocenters. The Bertz CT molecular complexity index is 1340. The molecule has 1 fully saturated rings. The lowest BCUT2D eigenvalue weighted by atomic mass is 9.99. The third-order valence-corrected chi connectivity index (χ3v) is 7.53. The summed E-state index contributed by atoms with van der Waals surface area (Å²) in [4.78, 5) is 26.3. The van der Waals surface area contributed by atoms with E-state index in [0.717, 1.165) is 49.3 Å². The first-order valence-electron chi connectivity index (χ1n) is 14.3. The van der Waals surface area contributed by atoms with Gasteiger partial charge in [-0.2, -0.15) is 0 Å². The zero-order valence-electron chi connectivity index (χ0n) is 23.7. The van der Waals surface area contributed by atoms with Crippen LogP contribution >= 0.6 is 0 Å². The van der Waals surface area contributed by atoms with Crippen molar-refractivity contribution < 1.29 is 23.5 Å². The number of carbonyl (C=O) groups is 2. The molecule has 8 heteroatoms. The molecule has 1 aliphatic rings. The monoisotopic (exact) mass is 563 g/mol. The lowest BCUT2D eigenvalue weighted by molar-refractivity contribution is 0.0829. The fourth-order valence-corrected chi connectivity index (χ4v) is 5.37. The van der Waals surface area contributed by atoms with E-state index in [9.17, 15) is 23.5 Å². The first kappa shape index (κ1) is 30.3. The van der Waals surface area contributed by atoms with Crippen LogP contribution in [0.3, 0.4) is 0 Å². The molecule has 6 nitrogen and oxygen atoms in total. The van der Waals surface area contributed by atoms with Crippen LogP contribution < -0.4 is 16.0 Å². The quantitative estimate of drug-likeness (QED) is 0.250. The van der Waals surface area contributed by atoms with Gasteiger partial charge < -0.3 is 21.1 Å². The molecule has 0 aliphatic heterocycles. The number of amides is 2. The van der Waals surface area contributed by atoms with Crippen molar-refractivity contribution in [1.82, 2.24) is 16.0 Å². The van der Waals surface area contributed by atoms with Gasteiger partial charge in [-0.15, -0.1) is 0 Å². The van der Waals surface area contributed by atoms with Crippen LogP contribution in [-0.2, 0) is 19.4 Å². The van der Waals surface area contributed by atoms with Crippen LogP contribution in [0.15, 0.2) is 60.7 Å². The molecule has 2 atom stereocenters. The molecule has 1 aliphatic carbocycles. The Hall–Kier alpha value is -3.62. The summed E-state index contributed by atoms with van der Waals surface area (Å²) in [7, 11) is 0. The van der Waals surface area contributed by atoms with Crippen LogP contribution in [0.1, 0.15) is 75.6 Å². The molecule has 1 saturated carbocycles. The maximum absolute atomic E-state index is 13.9. The normalized spacial score (nSPS) is 15.0. The Labute approximate surface area is 240 Å². The van der Waals surface area contributed by atoms with E-state index in [1.165, 1.54) is 23.8 Å². The van der Waals surface area contributed by atoms with Crippen molar-refractivity contribution in [2.45, 2.75) is 77.1 Å². The van der Waals surface area contributed by atoms with Crippen LogP contribution in [0, 0.1) is 18.6 Å². The molecule has 0 bridgehead atoms. The van der Waals surface area contributed by atoms with Crippen LogP contribution in [0.5, 0.6) is 0 Å². The molecule has 0 aromatic heterocycles. The van der Waals surface area contributed by atoms with Crippen LogP contribution in [0.25, 0.3) is 0 Å². The van der Waals surface area contributed by atoms with Gasteiger partial charge in [-0.3, -0.25) is 9.59 Å². The van der Waals surface area contributed by atoms with Crippen molar-refractivity contribution in [1.29, 1.82) is 0 Å². The molecule has 0 saturated heterocycles. The van der Waals surface area contributed by atoms with Crippen LogP contribution in [0.4, 0.5) is 8.78 Å². The highest BCUT2D eigenvalue weighted by molar-refractivity contribution is 6.00. The highest BCUT2D eigenvalue weighted by Crippen LogP contribution is 2.19. The second-order valence-electron chi connectivity index (χ2n) is 11.0. The first-order valence-corrected chi connectivity index (χ1v) is 14.3. The van der Waals surface area contributed by atoms with E-state index in [2.05, 4.69) is 35.0 Å². The smallest absolute Gasteiger partial charge is 0.251 e. The van der Waals surface area contributed by atoms with E-state index in [-0.39, 0.29) is 30.5 Å². The van der Waals surface area contributed by atoms with Gasteiger partial charge in [0.25, 0.3) is 11.8 Å². The molecule has 4 rings (SSSR count). The predicted molar refractivity (Wildman–Crippen MR) is 156 cm³/mol. The van der Waals surface area contributed by atoms with Crippen molar-refractivity contribution in [3.8, 4) is 0 Å². The van der Waals surface area contributed by atoms with Gasteiger partial charge >= 0.3 is 0 Å². The number of aliphatic hydroxyl groups excluding tert-OH is 1. The van der Waals surface area contributed by atoms with Gasteiger partial charge in [0.05, 0.1) is 12.1 Å². The van der Waals surface area contributed by atoms with E-state index in [1.807, 2.05) is 19.1 Å². The summed E-state index contributed by atoms with van der Waals surface area (Å²) < 4.78 is 27.9. The number of hydrogen-bond donors (Lipinski definition) is 4. The molecule has 0 radical (unpaired) electrons. The minimum Gasteiger partial charge on any atom is -0.390 e. The largest absolute Gasteiger partial charge is 0.390 e. The SMILES string of the molecule is CCc1cccc(CNC[C@@H](O)[C@H](Cc2cc(F)cc(F)c2)NC(=O)c2cc(C)cc(C(=O)NC3CCCC3)c2)c1. The second-order valence-corrected chi connectivity index (χ2v) is 11.0. The maximum Gasteiger partial charge on any atom is 0.251 e. The number of hydrogen-bond acceptors (Lipinski definition) is 4. The standard InChI is InChI=1S/C33H39F2N3O3/c1-3-22-7-6-8-23(13-22)19-36-20-31(39)30(16-24-14-27(34)18-28(35)15-24)38-33(41)26-12-21(2)11-25(17-26)32(40)37-29-9-4-5-10-29/h6-8,11-15,17-18,29-31,36,39H,3-5,9-10,16,19-20H2,1-2H3,(H,37,40)(H,38,41)/t30-,31+/m0/s1. The van der Waals surface area contributed by atoms with Crippen molar-refractivity contribution in [3.05, 3.63) is 106 Å². The summed E-state index contributed by atoms with van der Waals surface area (Å²) in [6, 6.07) is 15.5. The van der Waals surface area contributed by atoms with E-state index < -0.39 is 29.7 Å². The minimum atomic E-state index is -1.06. The predicted octanol–water partition coefficient (Wildman–Crippen LogP) is 5.00. The number of benzene rings is 3. The summed E-state index contributed by atoms with van der Waals surface area (Å²) in [5.74, 6) is -2.17. The van der Waals surface area contributed by atoms with E-state index >= 15 is 0 Å². The number of aliphatic hydroxyl groups is 1. The van der Waals surface area contributed by atoms with Gasteiger partial charge in [0.15, 0.2) is 0 Å². The molecule has 0 heterocycles. The average molecular weight is 564 g/mol. The third-order valence-electron chi connectivity index (χ3n) is 7.53. The van der Waals surface area contributed by atoms with Gasteiger partial charge in [-0.1, -0.05) is 44.0 Å². The molecule has 0 spiro atoms. The minimum absolute atomic E-state index is 0.00935. The number of halogens is 2. The van der Waals surface area contributed by atoms with Gasteiger partial charge in [-0.25, -0.2) is 8.78 Å². The highest BCUT2D eigenvalue weighted by Gasteiger charge is 2.24. The molecule has 4 N–H and O–H groups in total. The zero-order valence-corrected chi connectivity index (χ0v) is 23.7. The molecular formula is C33H39F2N3O3. The fraction of sp³-hybridized carbons (Fsp3) is 0.394. The summed E-state index contributed by atoms with van der Waals surface area (Å²) in [5.41, 5.74) is 3.99. The average Bonchev–Trinajstić information content (AvgIpc) is 3.45. The van der Waals surface area contributed by atoms with Crippen molar-refractivity contribution >= 4 is 11.8 Å². The Morgan fingerprint density at radius 1 is 0.902 bits per heavy atom. The Kier molecular flexibility index (Phi) is 10.6. The molecule has 218 valence electrons. The fourth-order valence-electron chi connectivity index (χ4n) is 5.37.